The Labute approximate surface area is 61.9 Å². The summed E-state index contributed by atoms with van der Waals surface area (Å²) < 4.78 is 0. The molecule has 0 atom stereocenters. The molecule has 0 amide bonds. The third kappa shape index (κ3) is 10.7. The average molecular weight is 203 g/mol. The first-order valence-corrected chi connectivity index (χ1v) is 2.70. The van der Waals surface area contributed by atoms with Crippen LogP contribution in [-0.4, -0.2) is 0 Å². The fourth-order valence-corrected chi connectivity index (χ4v) is 0. The average Bonchev–Trinajstić information content (AvgIpc) is 1.37. The minimum Gasteiger partial charge on any atom is 0 e. The van der Waals surface area contributed by atoms with Crippen LogP contribution in [0.2, 0.25) is 10.6 Å². The summed E-state index contributed by atoms with van der Waals surface area (Å²) in [5.74, 6) is 0. The summed E-state index contributed by atoms with van der Waals surface area (Å²) in [5, 5.41) is 2.10. The molecular weight excluding hydrogens is 199 g/mol. The molecule has 0 unspecified atom stereocenters. The Kier molecular flexibility index (Phi) is 18.0. The first kappa shape index (κ1) is 9.83. The van der Waals surface area contributed by atoms with Gasteiger partial charge in [0.15, 0.2) is 0 Å². The van der Waals surface area contributed by atoms with Gasteiger partial charge in [0.2, 0.25) is 0 Å². The first-order chi connectivity index (χ1) is 1.91. The minimum atomic E-state index is 0. The molecule has 0 bridgehead atoms. The molecule has 0 aromatic carbocycles. The van der Waals surface area contributed by atoms with Crippen molar-refractivity contribution in [1.29, 1.82) is 0 Å². The predicted molar refractivity (Wildman–Crippen MR) is 9.61 cm³/mol. The second kappa shape index (κ2) is 9.18. The summed E-state index contributed by atoms with van der Waals surface area (Å²) in [6.07, 6.45) is 0. The quantitative estimate of drug-likeness (QED) is 0.556. The predicted octanol–water partition coefficient (Wildman–Crippen LogP) is 0.914. The zero-order valence-electron chi connectivity index (χ0n) is 2.88. The maximum absolute atomic E-state index is 3.20. The first-order valence-electron chi connectivity index (χ1n) is 1.03. The van der Waals surface area contributed by atoms with Crippen molar-refractivity contribution in [3.05, 3.63) is 0 Å². The van der Waals surface area contributed by atoms with Crippen LogP contribution >= 0.6 is 0 Å². The number of hydrogen-bond donors (Lipinski definition) is 0. The smallest absolute Gasteiger partial charge is 0 e. The molecule has 0 heterocycles. The molecule has 0 nitrogen and oxygen atoms in total. The Hall–Kier alpha value is 1.66. The molecular formula is C2H4Mn2Zn. The van der Waals surface area contributed by atoms with E-state index in [2.05, 4.69) is 32.0 Å². The van der Waals surface area contributed by atoms with Crippen molar-refractivity contribution in [2.24, 2.45) is 0 Å². The Morgan fingerprint density at radius 2 is 1.20 bits per heavy atom. The van der Waals surface area contributed by atoms with Gasteiger partial charge in [-0.05, 0) is 0 Å². The largest absolute Gasteiger partial charge is 0 e. The van der Waals surface area contributed by atoms with E-state index in [0.29, 0.717) is 0 Å². The molecule has 28 valence electrons. The monoisotopic (exact) mass is 202 g/mol. The van der Waals surface area contributed by atoms with Crippen molar-refractivity contribution in [1.82, 2.24) is 0 Å². The third-order valence-electron chi connectivity index (χ3n) is 0.0714. The second-order valence-corrected chi connectivity index (χ2v) is 1.56. The molecule has 0 spiro atoms. The van der Waals surface area contributed by atoms with Gasteiger partial charge < -0.3 is 0 Å². The van der Waals surface area contributed by atoms with Gasteiger partial charge in [-0.2, -0.15) is 0 Å². The summed E-state index contributed by atoms with van der Waals surface area (Å²) in [6.45, 7) is 0. The Morgan fingerprint density at radius 3 is 1.20 bits per heavy atom. The molecule has 0 aliphatic carbocycles. The molecule has 0 aliphatic heterocycles. The normalized spacial score (nSPS) is 6.00. The van der Waals surface area contributed by atoms with Crippen LogP contribution in [0.15, 0.2) is 0 Å². The minimum absolute atomic E-state index is 0. The molecule has 5 heavy (non-hydrogen) atoms. The van der Waals surface area contributed by atoms with Crippen LogP contribution in [0, 0.1) is 0 Å². The number of rotatable bonds is 1. The zero-order chi connectivity index (χ0) is 3.41. The van der Waals surface area contributed by atoms with Gasteiger partial charge in [-0.1, -0.05) is 0 Å². The molecule has 0 aromatic rings. The van der Waals surface area contributed by atoms with E-state index in [1.165, 1.54) is 0 Å². The molecule has 0 aromatic heterocycles. The van der Waals surface area contributed by atoms with Crippen LogP contribution in [-0.2, 0) is 51.5 Å². The SMILES string of the molecule is [Mn][CH2][CH2][Mn].[Zn]. The molecule has 0 rings (SSSR count). The summed E-state index contributed by atoms with van der Waals surface area (Å²) >= 11 is 6.40. The van der Waals surface area contributed by atoms with Crippen molar-refractivity contribution >= 4 is 0 Å². The van der Waals surface area contributed by atoms with E-state index in [-0.39, 0.29) is 19.5 Å². The summed E-state index contributed by atoms with van der Waals surface area (Å²) in [6, 6.07) is 0. The fourth-order valence-electron chi connectivity index (χ4n) is 0. The number of hydrogen-bond acceptors (Lipinski definition) is 0. The van der Waals surface area contributed by atoms with E-state index in [4.69, 9.17) is 0 Å². The Morgan fingerprint density at radius 1 is 1.00 bits per heavy atom. The summed E-state index contributed by atoms with van der Waals surface area (Å²) in [7, 11) is 0. The fraction of sp³-hybridized carbons (Fsp3) is 1.00. The van der Waals surface area contributed by atoms with Crippen LogP contribution in [0.4, 0.5) is 0 Å². The molecule has 0 saturated carbocycles. The van der Waals surface area contributed by atoms with Crippen LogP contribution in [0.25, 0.3) is 0 Å². The Balaban J connectivity index is 0. The Bertz CT molecular complexity index is 9.61. The molecule has 0 fully saturated rings. The van der Waals surface area contributed by atoms with Crippen molar-refractivity contribution < 1.29 is 51.5 Å². The molecule has 0 N–H and O–H groups in total. The molecule has 0 aliphatic rings. The van der Waals surface area contributed by atoms with Crippen LogP contribution in [0.3, 0.4) is 0 Å². The van der Waals surface area contributed by atoms with Gasteiger partial charge in [-0.3, -0.25) is 0 Å². The van der Waals surface area contributed by atoms with E-state index in [0.717, 1.165) is 10.6 Å². The van der Waals surface area contributed by atoms with Crippen LogP contribution < -0.4 is 0 Å². The maximum atomic E-state index is 3.20. The van der Waals surface area contributed by atoms with Gasteiger partial charge in [0, 0.05) is 19.5 Å². The zero-order valence-corrected chi connectivity index (χ0v) is 8.21. The van der Waals surface area contributed by atoms with Gasteiger partial charge >= 0.3 is 42.7 Å². The van der Waals surface area contributed by atoms with Crippen molar-refractivity contribution in [2.75, 3.05) is 0 Å². The van der Waals surface area contributed by atoms with E-state index in [1.807, 2.05) is 0 Å². The van der Waals surface area contributed by atoms with Crippen LogP contribution in [0.5, 0.6) is 0 Å². The standard InChI is InChI=1S/C2H4.2Mn.Zn/c1-2;;;/h1-2H2;;;. The van der Waals surface area contributed by atoms with Gasteiger partial charge in [0.05, 0.1) is 0 Å². The van der Waals surface area contributed by atoms with E-state index < -0.39 is 0 Å². The third-order valence-corrected chi connectivity index (χ3v) is 1.21. The molecule has 0 radical (unpaired) electrons. The maximum Gasteiger partial charge on any atom is 0 e. The van der Waals surface area contributed by atoms with Gasteiger partial charge in [0.1, 0.15) is 0 Å². The second-order valence-electron chi connectivity index (χ2n) is 0.378. The van der Waals surface area contributed by atoms with E-state index >= 15 is 0 Å². The van der Waals surface area contributed by atoms with Crippen molar-refractivity contribution in [2.45, 2.75) is 10.6 Å². The summed E-state index contributed by atoms with van der Waals surface area (Å²) in [4.78, 5) is 0. The van der Waals surface area contributed by atoms with Gasteiger partial charge in [-0.25, -0.2) is 0 Å². The van der Waals surface area contributed by atoms with Crippen LogP contribution in [0.1, 0.15) is 0 Å². The van der Waals surface area contributed by atoms with Gasteiger partial charge in [-0.15, -0.1) is 0 Å². The van der Waals surface area contributed by atoms with Crippen molar-refractivity contribution in [3.8, 4) is 0 Å². The van der Waals surface area contributed by atoms with E-state index in [1.54, 1.807) is 0 Å². The topological polar surface area (TPSA) is 0 Å². The van der Waals surface area contributed by atoms with Gasteiger partial charge in [0.25, 0.3) is 0 Å². The van der Waals surface area contributed by atoms with E-state index in [9.17, 15) is 0 Å². The van der Waals surface area contributed by atoms with Crippen molar-refractivity contribution in [3.63, 3.8) is 0 Å². The summed E-state index contributed by atoms with van der Waals surface area (Å²) in [5.41, 5.74) is 0. The molecule has 0 saturated heterocycles. The molecule has 3 heteroatoms.